The van der Waals surface area contributed by atoms with Gasteiger partial charge in [0.1, 0.15) is 6.04 Å². The maximum Gasteiger partial charge on any atom is 0.326 e. The Morgan fingerprint density at radius 2 is 1.62 bits per heavy atom. The van der Waals surface area contributed by atoms with Crippen LogP contribution in [0.25, 0.3) is 0 Å². The van der Waals surface area contributed by atoms with Crippen LogP contribution in [0.15, 0.2) is 24.3 Å². The highest BCUT2D eigenvalue weighted by molar-refractivity contribution is 6.22. The number of carboxylic acid groups (broad SMARTS) is 1. The molecule has 0 spiro atoms. The summed E-state index contributed by atoms with van der Waals surface area (Å²) in [5.41, 5.74) is 0.529. The Balaban J connectivity index is 2.46. The van der Waals surface area contributed by atoms with Crippen LogP contribution in [-0.4, -0.2) is 33.8 Å². The molecule has 1 aromatic rings. The van der Waals surface area contributed by atoms with Crippen molar-refractivity contribution in [3.63, 3.8) is 0 Å². The van der Waals surface area contributed by atoms with E-state index >= 15 is 0 Å². The Kier molecular flexibility index (Phi) is 2.23. The van der Waals surface area contributed by atoms with Gasteiger partial charge in [-0.3, -0.25) is 14.5 Å². The minimum atomic E-state index is -1.20. The number of amides is 2. The predicted octanol–water partition coefficient (Wildman–Crippen LogP) is 0.756. The molecule has 1 aromatic carbocycles. The maximum atomic E-state index is 11.8. The highest BCUT2D eigenvalue weighted by Crippen LogP contribution is 2.24. The minimum absolute atomic E-state index is 0.264. The van der Waals surface area contributed by atoms with Gasteiger partial charge in [-0.15, -0.1) is 0 Å². The summed E-state index contributed by atoms with van der Waals surface area (Å²) in [5.74, 6) is -2.29. The molecular weight excluding hydrogens is 210 g/mol. The van der Waals surface area contributed by atoms with E-state index < -0.39 is 23.8 Å². The van der Waals surface area contributed by atoms with E-state index in [1.165, 1.54) is 19.1 Å². The molecule has 0 radical (unpaired) electrons. The fourth-order valence-corrected chi connectivity index (χ4v) is 1.67. The molecule has 0 saturated heterocycles. The fraction of sp³-hybridized carbons (Fsp3) is 0.182. The van der Waals surface area contributed by atoms with E-state index in [1.807, 2.05) is 0 Å². The first kappa shape index (κ1) is 10.4. The molecule has 0 bridgehead atoms. The summed E-state index contributed by atoms with van der Waals surface area (Å²) in [7, 11) is 0. The van der Waals surface area contributed by atoms with Gasteiger partial charge in [0.25, 0.3) is 11.8 Å². The lowest BCUT2D eigenvalue weighted by atomic mass is 10.1. The number of benzene rings is 1. The number of hydrogen-bond donors (Lipinski definition) is 1. The van der Waals surface area contributed by atoms with Gasteiger partial charge in [0.2, 0.25) is 0 Å². The van der Waals surface area contributed by atoms with Gasteiger partial charge < -0.3 is 5.11 Å². The SMILES string of the molecule is C[C@@H](C(=O)O)N1C(=O)c2ccccc2C1=O. The number of imide groups is 1. The number of aliphatic carboxylic acids is 1. The molecule has 5 heteroatoms. The van der Waals surface area contributed by atoms with Gasteiger partial charge in [0.05, 0.1) is 11.1 Å². The van der Waals surface area contributed by atoms with Crippen molar-refractivity contribution in [2.24, 2.45) is 0 Å². The first-order valence-corrected chi connectivity index (χ1v) is 4.73. The van der Waals surface area contributed by atoms with Gasteiger partial charge in [-0.25, -0.2) is 4.79 Å². The van der Waals surface area contributed by atoms with Gasteiger partial charge in [-0.2, -0.15) is 0 Å². The van der Waals surface area contributed by atoms with Gasteiger partial charge in [0, 0.05) is 0 Å². The molecule has 16 heavy (non-hydrogen) atoms. The Hall–Kier alpha value is -2.17. The largest absolute Gasteiger partial charge is 0.480 e. The highest BCUT2D eigenvalue weighted by atomic mass is 16.4. The number of carboxylic acids is 1. The molecule has 0 fully saturated rings. The maximum absolute atomic E-state index is 11.8. The lowest BCUT2D eigenvalue weighted by molar-refractivity contribution is -0.140. The van der Waals surface area contributed by atoms with E-state index in [4.69, 9.17) is 5.11 Å². The molecule has 1 heterocycles. The van der Waals surface area contributed by atoms with E-state index in [2.05, 4.69) is 0 Å². The summed E-state index contributed by atoms with van der Waals surface area (Å²) in [6.45, 7) is 1.31. The summed E-state index contributed by atoms with van der Waals surface area (Å²) in [6.07, 6.45) is 0. The second kappa shape index (κ2) is 3.44. The molecule has 2 rings (SSSR count). The monoisotopic (exact) mass is 219 g/mol. The lowest BCUT2D eigenvalue weighted by Crippen LogP contribution is -2.42. The molecule has 1 aliphatic rings. The zero-order valence-electron chi connectivity index (χ0n) is 8.51. The molecule has 0 aliphatic carbocycles. The zero-order chi connectivity index (χ0) is 11.9. The lowest BCUT2D eigenvalue weighted by Gasteiger charge is -2.17. The second-order valence-corrected chi connectivity index (χ2v) is 3.54. The first-order chi connectivity index (χ1) is 7.54. The van der Waals surface area contributed by atoms with Crippen LogP contribution in [0.2, 0.25) is 0 Å². The van der Waals surface area contributed by atoms with Crippen LogP contribution in [0.3, 0.4) is 0 Å². The number of nitrogens with zero attached hydrogens (tertiary/aromatic N) is 1. The first-order valence-electron chi connectivity index (χ1n) is 4.73. The van der Waals surface area contributed by atoms with Crippen LogP contribution in [0, 0.1) is 0 Å². The molecular formula is C11H9NO4. The van der Waals surface area contributed by atoms with Crippen molar-refractivity contribution in [3.8, 4) is 0 Å². The van der Waals surface area contributed by atoms with Crippen LogP contribution >= 0.6 is 0 Å². The second-order valence-electron chi connectivity index (χ2n) is 3.54. The molecule has 0 aromatic heterocycles. The van der Waals surface area contributed by atoms with Crippen LogP contribution in [0.1, 0.15) is 27.6 Å². The van der Waals surface area contributed by atoms with Crippen molar-refractivity contribution < 1.29 is 19.5 Å². The Morgan fingerprint density at radius 3 is 2.00 bits per heavy atom. The van der Waals surface area contributed by atoms with Gasteiger partial charge in [-0.1, -0.05) is 12.1 Å². The van der Waals surface area contributed by atoms with Crippen molar-refractivity contribution >= 4 is 17.8 Å². The van der Waals surface area contributed by atoms with Gasteiger partial charge >= 0.3 is 5.97 Å². The van der Waals surface area contributed by atoms with Crippen LogP contribution < -0.4 is 0 Å². The van der Waals surface area contributed by atoms with Crippen LogP contribution in [0.5, 0.6) is 0 Å². The van der Waals surface area contributed by atoms with E-state index in [0.29, 0.717) is 0 Å². The van der Waals surface area contributed by atoms with Crippen molar-refractivity contribution in [1.29, 1.82) is 0 Å². The Morgan fingerprint density at radius 1 is 1.19 bits per heavy atom. The van der Waals surface area contributed by atoms with Gasteiger partial charge in [-0.05, 0) is 19.1 Å². The summed E-state index contributed by atoms with van der Waals surface area (Å²) >= 11 is 0. The molecule has 5 nitrogen and oxygen atoms in total. The number of rotatable bonds is 2. The highest BCUT2D eigenvalue weighted by Gasteiger charge is 2.40. The van der Waals surface area contributed by atoms with E-state index in [0.717, 1.165) is 4.90 Å². The fourth-order valence-electron chi connectivity index (χ4n) is 1.67. The smallest absolute Gasteiger partial charge is 0.326 e. The Labute approximate surface area is 91.3 Å². The Bertz CT molecular complexity index is 460. The number of carbonyl (C=O) groups excluding carboxylic acids is 2. The number of hydrogen-bond acceptors (Lipinski definition) is 3. The van der Waals surface area contributed by atoms with E-state index in [1.54, 1.807) is 12.1 Å². The van der Waals surface area contributed by atoms with Crippen molar-refractivity contribution in [1.82, 2.24) is 4.90 Å². The van der Waals surface area contributed by atoms with Gasteiger partial charge in [0.15, 0.2) is 0 Å². The summed E-state index contributed by atoms with van der Waals surface area (Å²) in [5, 5.41) is 8.81. The quantitative estimate of drug-likeness (QED) is 0.745. The minimum Gasteiger partial charge on any atom is -0.480 e. The molecule has 0 unspecified atom stereocenters. The van der Waals surface area contributed by atoms with Crippen LogP contribution in [-0.2, 0) is 4.79 Å². The third-order valence-electron chi connectivity index (χ3n) is 2.57. The average molecular weight is 219 g/mol. The molecule has 1 aliphatic heterocycles. The topological polar surface area (TPSA) is 74.7 Å². The molecule has 2 amide bonds. The summed E-state index contributed by atoms with van der Waals surface area (Å²) < 4.78 is 0. The summed E-state index contributed by atoms with van der Waals surface area (Å²) in [6, 6.07) is 5.17. The standard InChI is InChI=1S/C11H9NO4/c1-6(11(15)16)12-9(13)7-4-2-3-5-8(7)10(12)14/h2-6H,1H3,(H,15,16)/t6-/m0/s1. The van der Waals surface area contributed by atoms with Crippen molar-refractivity contribution in [3.05, 3.63) is 35.4 Å². The normalized spacial score (nSPS) is 16.2. The number of carbonyl (C=O) groups is 3. The molecule has 0 saturated carbocycles. The van der Waals surface area contributed by atoms with Crippen molar-refractivity contribution in [2.45, 2.75) is 13.0 Å². The molecule has 1 atom stereocenters. The summed E-state index contributed by atoms with van der Waals surface area (Å²) in [4.78, 5) is 35.1. The van der Waals surface area contributed by atoms with E-state index in [-0.39, 0.29) is 11.1 Å². The zero-order valence-corrected chi connectivity index (χ0v) is 8.51. The molecule has 82 valence electrons. The van der Waals surface area contributed by atoms with Crippen molar-refractivity contribution in [2.75, 3.05) is 0 Å². The third-order valence-corrected chi connectivity index (χ3v) is 2.57. The predicted molar refractivity (Wildman–Crippen MR) is 54.0 cm³/mol. The number of fused-ring (bicyclic) bond motifs is 1. The molecule has 1 N–H and O–H groups in total. The van der Waals surface area contributed by atoms with Crippen LogP contribution in [0.4, 0.5) is 0 Å². The third kappa shape index (κ3) is 1.29. The average Bonchev–Trinajstić information content (AvgIpc) is 2.52. The van der Waals surface area contributed by atoms with E-state index in [9.17, 15) is 14.4 Å².